The normalized spacial score (nSPS) is 23.6. The summed E-state index contributed by atoms with van der Waals surface area (Å²) in [5, 5.41) is 28.6. The Bertz CT molecular complexity index is 2080. The molecule has 3 aromatic heterocycles. The first kappa shape index (κ1) is 33.1. The van der Waals surface area contributed by atoms with Crippen LogP contribution in [0, 0.1) is 31.6 Å². The minimum Gasteiger partial charge on any atom is -0.681 e. The van der Waals surface area contributed by atoms with Gasteiger partial charge in [0, 0.05) is 17.2 Å². The minimum absolute atomic E-state index is 0. The zero-order chi connectivity index (χ0) is 32.3. The number of carbonyl (C=O) groups excluding carboxylic acids is 2. The van der Waals surface area contributed by atoms with Crippen molar-refractivity contribution >= 4 is 76.9 Å². The summed E-state index contributed by atoms with van der Waals surface area (Å²) in [7, 11) is 1.26. The molecule has 0 saturated carbocycles. The second-order valence-corrected chi connectivity index (χ2v) is 11.8. The fourth-order valence-corrected chi connectivity index (χ4v) is 7.18. The monoisotopic (exact) mass is 630 g/mol. The summed E-state index contributed by atoms with van der Waals surface area (Å²) < 4.78 is 5.14. The van der Waals surface area contributed by atoms with Gasteiger partial charge in [0.1, 0.15) is 18.0 Å². The molecule has 0 amide bonds. The smallest absolute Gasteiger partial charge is 0.681 e. The third kappa shape index (κ3) is 5.05. The number of methoxy groups -OCH3 is 1. The van der Waals surface area contributed by atoms with Crippen molar-refractivity contribution in [3.63, 3.8) is 0 Å². The van der Waals surface area contributed by atoms with Gasteiger partial charge in [-0.25, -0.2) is 0 Å². The van der Waals surface area contributed by atoms with Crippen molar-refractivity contribution in [3.05, 3.63) is 83.8 Å². The molecule has 234 valence electrons. The van der Waals surface area contributed by atoms with Crippen LogP contribution in [-0.2, 0) is 20.7 Å². The van der Waals surface area contributed by atoms with Crippen molar-refractivity contribution < 1.29 is 29.3 Å². The van der Waals surface area contributed by atoms with Crippen molar-refractivity contribution in [1.82, 2.24) is 15.0 Å². The Balaban J connectivity index is 0.00000417. The van der Waals surface area contributed by atoms with E-state index in [1.54, 1.807) is 12.2 Å². The van der Waals surface area contributed by atoms with E-state index >= 15 is 0 Å². The quantitative estimate of drug-likeness (QED) is 0.223. The van der Waals surface area contributed by atoms with Crippen LogP contribution in [0.25, 0.3) is 41.0 Å². The number of aliphatic carboxylic acids is 1. The van der Waals surface area contributed by atoms with E-state index in [0.29, 0.717) is 67.4 Å². The summed E-state index contributed by atoms with van der Waals surface area (Å²) >= 11 is 0. The second kappa shape index (κ2) is 12.5. The van der Waals surface area contributed by atoms with Gasteiger partial charge in [0.25, 0.3) is 0 Å². The zero-order valence-corrected chi connectivity index (χ0v) is 28.0. The van der Waals surface area contributed by atoms with E-state index in [9.17, 15) is 24.6 Å². The van der Waals surface area contributed by atoms with Gasteiger partial charge in [0.15, 0.2) is 0 Å². The molecule has 46 heavy (non-hydrogen) atoms. The topological polar surface area (TPSA) is 157 Å². The molecule has 0 spiro atoms. The van der Waals surface area contributed by atoms with Crippen LogP contribution in [0.3, 0.4) is 0 Å². The molecule has 3 aliphatic rings. The van der Waals surface area contributed by atoms with Crippen molar-refractivity contribution in [2.24, 2.45) is 17.8 Å². The van der Waals surface area contributed by atoms with E-state index in [-0.39, 0.29) is 53.5 Å². The Kier molecular flexibility index (Phi) is 9.02. The number of aliphatic hydroxyl groups excluding tert-OH is 1. The van der Waals surface area contributed by atoms with Crippen LogP contribution in [-0.4, -0.2) is 64.6 Å². The molecular formula is C35H34MgN4O6-2. The largest absolute Gasteiger partial charge is 2.00 e. The summed E-state index contributed by atoms with van der Waals surface area (Å²) in [6, 6.07) is -0.690. The Labute approximate surface area is 281 Å². The number of fused-ring (bicyclic) bond motifs is 8. The molecule has 4 atom stereocenters. The molecule has 1 aliphatic carbocycles. The van der Waals surface area contributed by atoms with Crippen molar-refractivity contribution in [2.75, 3.05) is 7.11 Å². The van der Waals surface area contributed by atoms with Crippen LogP contribution in [0.1, 0.15) is 76.4 Å². The standard InChI is InChI=1S/C35H36N4O6.Mg/c1-7-18-15(3)22-11-26-19(8-2)21(14-40)27(37-26)12-23-16(4)20(9-10-28(41)42)32(38-23)30-31(35(44)45-6)34(43)29-17(5)24(39-33(29)30)13-25(18)36-22;/h8,11-14,16,20,31-32H,2,7,9-10H2,1,3-6H3,(H4,37,38,40,41,42,43);/q-2;+2/p-2/b22-11-,25-13-;/t16-,20-,31+,32?;/m0./s1. The number of ether oxygens (including phenoxy) is 1. The average Bonchev–Trinajstić information content (AvgIpc) is 3.76. The number of rotatable bonds is 7. The van der Waals surface area contributed by atoms with Gasteiger partial charge >= 0.3 is 35.0 Å². The van der Waals surface area contributed by atoms with E-state index < -0.39 is 23.9 Å². The summed E-state index contributed by atoms with van der Waals surface area (Å²) in [6.45, 7) is 11.8. The summed E-state index contributed by atoms with van der Waals surface area (Å²) in [6.07, 6.45) is 8.71. The predicted molar refractivity (Wildman–Crippen MR) is 175 cm³/mol. The SMILES string of the molecule is C=Cc1c2[n-]c(c1C=O)/C=C1\[N-]C(C3=c4[n-]c(c(C)c4=C(O)[C@@H]3C(=O)OC)/C=c3\[n-]/c(c(C)c3CC)=C\2)[C@@H](CCC(=O)O)[C@@H]1C.[Mg+2]. The van der Waals surface area contributed by atoms with Crippen LogP contribution < -0.4 is 36.2 Å². The number of aliphatic hydroxyl groups is 1. The van der Waals surface area contributed by atoms with E-state index in [1.165, 1.54) is 7.11 Å². The second-order valence-electron chi connectivity index (χ2n) is 11.8. The van der Waals surface area contributed by atoms with Crippen LogP contribution in [0.15, 0.2) is 12.3 Å². The Morgan fingerprint density at radius 3 is 2.35 bits per heavy atom. The van der Waals surface area contributed by atoms with Gasteiger partial charge in [-0.05, 0) is 44.1 Å². The van der Waals surface area contributed by atoms with Crippen LogP contribution >= 0.6 is 0 Å². The Morgan fingerprint density at radius 2 is 1.72 bits per heavy atom. The predicted octanol–water partition coefficient (Wildman–Crippen LogP) is 1.32. The molecule has 2 N–H and O–H groups in total. The molecule has 0 radical (unpaired) electrons. The van der Waals surface area contributed by atoms with Gasteiger partial charge in [-0.3, -0.25) is 14.4 Å². The molecule has 1 saturated heterocycles. The molecule has 5 heterocycles. The summed E-state index contributed by atoms with van der Waals surface area (Å²) in [5.74, 6) is -3.52. The first-order chi connectivity index (χ1) is 21.5. The van der Waals surface area contributed by atoms with E-state index in [1.807, 2.05) is 39.8 Å². The first-order valence-corrected chi connectivity index (χ1v) is 15.0. The molecule has 6 rings (SSSR count). The number of nitrogens with zero attached hydrogens (tertiary/aromatic N) is 4. The first-order valence-electron chi connectivity index (χ1n) is 15.0. The van der Waals surface area contributed by atoms with Gasteiger partial charge in [-0.15, -0.1) is 33.1 Å². The Hall–Kier alpha value is -4.22. The average molecular weight is 631 g/mol. The van der Waals surface area contributed by atoms with E-state index in [4.69, 9.17) is 25.0 Å². The Morgan fingerprint density at radius 1 is 1.02 bits per heavy atom. The van der Waals surface area contributed by atoms with E-state index in [0.717, 1.165) is 22.8 Å². The third-order valence-corrected chi connectivity index (χ3v) is 9.57. The molecule has 8 bridgehead atoms. The van der Waals surface area contributed by atoms with Crippen LogP contribution in [0.5, 0.6) is 0 Å². The maximum absolute atomic E-state index is 13.2. The zero-order valence-electron chi connectivity index (χ0n) is 26.5. The van der Waals surface area contributed by atoms with Crippen LogP contribution in [0.2, 0.25) is 0 Å². The number of hydrogen-bond acceptors (Lipinski definition) is 5. The molecule has 11 heteroatoms. The number of aromatic nitrogens is 3. The van der Waals surface area contributed by atoms with E-state index in [2.05, 4.69) is 6.58 Å². The fraction of sp³-hybridized carbons (Fsp3) is 0.343. The van der Waals surface area contributed by atoms with Gasteiger partial charge in [0.05, 0.1) is 7.11 Å². The number of carboxylic acid groups (broad SMARTS) is 1. The molecule has 3 aromatic rings. The molecule has 0 aromatic carbocycles. The van der Waals surface area contributed by atoms with Gasteiger partial charge in [0.2, 0.25) is 0 Å². The number of allylic oxidation sites excluding steroid dienone is 1. The molecule has 1 fully saturated rings. The number of esters is 1. The number of carboxylic acids is 1. The number of aldehydes is 1. The van der Waals surface area contributed by atoms with Gasteiger partial charge < -0.3 is 35.2 Å². The van der Waals surface area contributed by atoms with Crippen molar-refractivity contribution in [2.45, 2.75) is 53.0 Å². The maximum Gasteiger partial charge on any atom is 2.00 e. The molecule has 2 aliphatic heterocycles. The maximum atomic E-state index is 13.2. The molecular weight excluding hydrogens is 597 g/mol. The van der Waals surface area contributed by atoms with Gasteiger partial charge in [-0.1, -0.05) is 73.0 Å². The summed E-state index contributed by atoms with van der Waals surface area (Å²) in [4.78, 5) is 52.1. The number of hydrogen-bond donors (Lipinski definition) is 2. The van der Waals surface area contributed by atoms with Crippen molar-refractivity contribution in [1.29, 1.82) is 0 Å². The summed E-state index contributed by atoms with van der Waals surface area (Å²) in [5.41, 5.74) is 6.28. The molecule has 1 unspecified atom stereocenters. The van der Waals surface area contributed by atoms with Gasteiger partial charge in [-0.2, -0.15) is 5.70 Å². The van der Waals surface area contributed by atoms with Crippen LogP contribution in [0.4, 0.5) is 0 Å². The molecule has 10 nitrogen and oxygen atoms in total. The number of carbonyl (C=O) groups is 3. The minimum atomic E-state index is -1.14. The van der Waals surface area contributed by atoms with Crippen molar-refractivity contribution in [3.8, 4) is 0 Å². The fourth-order valence-electron chi connectivity index (χ4n) is 7.18. The third-order valence-electron chi connectivity index (χ3n) is 9.57.